The Balaban J connectivity index is 2.49. The van der Waals surface area contributed by atoms with E-state index in [2.05, 4.69) is 15.9 Å². The highest BCUT2D eigenvalue weighted by atomic mass is 79.9. The molecule has 1 aromatic heterocycles. The molecule has 0 aliphatic heterocycles. The molecule has 0 atom stereocenters. The van der Waals surface area contributed by atoms with Gasteiger partial charge in [0.15, 0.2) is 0 Å². The molecule has 0 bridgehead atoms. The molecule has 2 aromatic rings. The molecule has 16 heavy (non-hydrogen) atoms. The first-order valence-corrected chi connectivity index (χ1v) is 6.40. The second kappa shape index (κ2) is 4.39. The molecule has 0 unspecified atom stereocenters. The Morgan fingerprint density at radius 3 is 2.75 bits per heavy atom. The molecule has 2 nitrogen and oxygen atoms in total. The van der Waals surface area contributed by atoms with Crippen LogP contribution in [-0.2, 0) is 0 Å². The summed E-state index contributed by atoms with van der Waals surface area (Å²) in [6.07, 6.45) is 0. The van der Waals surface area contributed by atoms with Crippen LogP contribution in [0.1, 0.15) is 20.8 Å². The average molecular weight is 296 g/mol. The summed E-state index contributed by atoms with van der Waals surface area (Å²) in [5, 5.41) is 1.89. The number of ketones is 1. The van der Waals surface area contributed by atoms with Crippen molar-refractivity contribution in [3.63, 3.8) is 0 Å². The van der Waals surface area contributed by atoms with Crippen LogP contribution in [-0.4, -0.2) is 5.78 Å². The number of aryl methyl sites for hydroxylation is 1. The van der Waals surface area contributed by atoms with Gasteiger partial charge in [-0.05, 0) is 52.0 Å². The number of nitrogens with two attached hydrogens (primary N) is 1. The van der Waals surface area contributed by atoms with Gasteiger partial charge in [0.25, 0.3) is 0 Å². The summed E-state index contributed by atoms with van der Waals surface area (Å²) in [5.41, 5.74) is 7.92. The topological polar surface area (TPSA) is 43.1 Å². The first kappa shape index (κ1) is 11.4. The van der Waals surface area contributed by atoms with Crippen molar-refractivity contribution in [1.82, 2.24) is 0 Å². The smallest absolute Gasteiger partial charge is 0.204 e. The summed E-state index contributed by atoms with van der Waals surface area (Å²) in [6, 6.07) is 7.27. The van der Waals surface area contributed by atoms with Crippen LogP contribution in [0.5, 0.6) is 0 Å². The van der Waals surface area contributed by atoms with E-state index < -0.39 is 0 Å². The molecule has 0 aliphatic rings. The van der Waals surface area contributed by atoms with Crippen LogP contribution in [0.2, 0.25) is 0 Å². The molecule has 82 valence electrons. The molecule has 0 spiro atoms. The van der Waals surface area contributed by atoms with E-state index in [-0.39, 0.29) is 5.78 Å². The third-order valence-corrected chi connectivity index (χ3v) is 4.17. The van der Waals surface area contributed by atoms with Crippen LogP contribution >= 0.6 is 27.3 Å². The quantitative estimate of drug-likeness (QED) is 0.679. The Hall–Kier alpha value is -1.13. The van der Waals surface area contributed by atoms with Crippen molar-refractivity contribution >= 4 is 38.7 Å². The van der Waals surface area contributed by atoms with Gasteiger partial charge < -0.3 is 5.73 Å². The molecule has 2 rings (SSSR count). The largest absolute Gasteiger partial charge is 0.399 e. The van der Waals surface area contributed by atoms with E-state index >= 15 is 0 Å². The number of carbonyl (C=O) groups is 1. The molecule has 0 fully saturated rings. The maximum Gasteiger partial charge on any atom is 0.204 e. The fourth-order valence-corrected chi connectivity index (χ4v) is 2.97. The zero-order valence-corrected chi connectivity index (χ0v) is 11.1. The van der Waals surface area contributed by atoms with Gasteiger partial charge in [-0.25, -0.2) is 0 Å². The van der Waals surface area contributed by atoms with Crippen molar-refractivity contribution < 1.29 is 4.79 Å². The SMILES string of the molecule is Cc1ccc(N)cc1C(=O)c1sccc1Br. The van der Waals surface area contributed by atoms with Crippen molar-refractivity contribution in [2.45, 2.75) is 6.92 Å². The van der Waals surface area contributed by atoms with E-state index in [1.54, 1.807) is 12.1 Å². The van der Waals surface area contributed by atoms with Crippen molar-refractivity contribution in [1.29, 1.82) is 0 Å². The first-order chi connectivity index (χ1) is 7.59. The predicted molar refractivity (Wildman–Crippen MR) is 71.0 cm³/mol. The van der Waals surface area contributed by atoms with Crippen LogP contribution in [0.3, 0.4) is 0 Å². The van der Waals surface area contributed by atoms with Gasteiger partial charge in [-0.15, -0.1) is 11.3 Å². The Labute approximate surface area is 106 Å². The van der Waals surface area contributed by atoms with Crippen LogP contribution in [0, 0.1) is 6.92 Å². The fourth-order valence-electron chi connectivity index (χ4n) is 1.46. The van der Waals surface area contributed by atoms with Crippen molar-refractivity contribution in [3.8, 4) is 0 Å². The fraction of sp³-hybridized carbons (Fsp3) is 0.0833. The van der Waals surface area contributed by atoms with E-state index in [1.165, 1.54) is 11.3 Å². The van der Waals surface area contributed by atoms with Gasteiger partial charge in [0, 0.05) is 15.7 Å². The number of hydrogen-bond acceptors (Lipinski definition) is 3. The molecule has 2 N–H and O–H groups in total. The summed E-state index contributed by atoms with van der Waals surface area (Å²) in [5.74, 6) is 0.0201. The Morgan fingerprint density at radius 2 is 2.12 bits per heavy atom. The zero-order chi connectivity index (χ0) is 11.7. The predicted octanol–water partition coefficient (Wildman–Crippen LogP) is 3.63. The van der Waals surface area contributed by atoms with Crippen molar-refractivity contribution in [3.05, 3.63) is 50.1 Å². The number of thiophene rings is 1. The van der Waals surface area contributed by atoms with Crippen LogP contribution in [0.15, 0.2) is 34.1 Å². The van der Waals surface area contributed by atoms with Gasteiger partial charge in [0.2, 0.25) is 5.78 Å². The number of carbonyl (C=O) groups excluding carboxylic acids is 1. The number of nitrogen functional groups attached to an aromatic ring is 1. The number of hydrogen-bond donors (Lipinski definition) is 1. The van der Waals surface area contributed by atoms with Gasteiger partial charge in [-0.1, -0.05) is 6.07 Å². The summed E-state index contributed by atoms with van der Waals surface area (Å²) in [7, 11) is 0. The molecule has 0 aliphatic carbocycles. The third-order valence-electron chi connectivity index (χ3n) is 2.33. The van der Waals surface area contributed by atoms with E-state index in [4.69, 9.17) is 5.73 Å². The molecule has 0 amide bonds. The minimum Gasteiger partial charge on any atom is -0.399 e. The molecule has 0 saturated heterocycles. The third kappa shape index (κ3) is 2.03. The lowest BCUT2D eigenvalue weighted by Gasteiger charge is -2.05. The second-order valence-electron chi connectivity index (χ2n) is 3.50. The van der Waals surface area contributed by atoms with E-state index in [1.807, 2.05) is 24.4 Å². The number of benzene rings is 1. The summed E-state index contributed by atoms with van der Waals surface area (Å²) >= 11 is 4.80. The Kier molecular flexibility index (Phi) is 3.12. The van der Waals surface area contributed by atoms with Gasteiger partial charge in [0.05, 0.1) is 4.88 Å². The summed E-state index contributed by atoms with van der Waals surface area (Å²) in [4.78, 5) is 12.9. The monoisotopic (exact) mass is 295 g/mol. The minimum atomic E-state index is 0.0201. The normalized spacial score (nSPS) is 10.4. The maximum atomic E-state index is 12.2. The highest BCUT2D eigenvalue weighted by Gasteiger charge is 2.16. The zero-order valence-electron chi connectivity index (χ0n) is 8.66. The van der Waals surface area contributed by atoms with E-state index in [0.717, 1.165) is 10.0 Å². The number of rotatable bonds is 2. The standard InChI is InChI=1S/C12H10BrNOS/c1-7-2-3-8(14)6-9(7)11(15)12-10(13)4-5-16-12/h2-6H,14H2,1H3. The summed E-state index contributed by atoms with van der Waals surface area (Å²) in [6.45, 7) is 1.91. The molecule has 0 saturated carbocycles. The average Bonchev–Trinajstić information content (AvgIpc) is 2.67. The Morgan fingerprint density at radius 1 is 1.38 bits per heavy atom. The van der Waals surface area contributed by atoms with E-state index in [9.17, 15) is 4.79 Å². The lowest BCUT2D eigenvalue weighted by molar-refractivity contribution is 0.104. The van der Waals surface area contributed by atoms with Crippen molar-refractivity contribution in [2.24, 2.45) is 0 Å². The minimum absolute atomic E-state index is 0.0201. The summed E-state index contributed by atoms with van der Waals surface area (Å²) < 4.78 is 0.837. The number of anilines is 1. The Bertz CT molecular complexity index is 548. The maximum absolute atomic E-state index is 12.2. The van der Waals surface area contributed by atoms with Gasteiger partial charge in [-0.2, -0.15) is 0 Å². The molecule has 1 aromatic carbocycles. The lowest BCUT2D eigenvalue weighted by Crippen LogP contribution is -2.03. The van der Waals surface area contributed by atoms with E-state index in [0.29, 0.717) is 16.1 Å². The number of halogens is 1. The molecular weight excluding hydrogens is 286 g/mol. The first-order valence-electron chi connectivity index (χ1n) is 4.73. The molecular formula is C12H10BrNOS. The van der Waals surface area contributed by atoms with Crippen LogP contribution in [0.4, 0.5) is 5.69 Å². The van der Waals surface area contributed by atoms with Gasteiger partial charge in [-0.3, -0.25) is 4.79 Å². The lowest BCUT2D eigenvalue weighted by atomic mass is 10.0. The van der Waals surface area contributed by atoms with Crippen LogP contribution in [0.25, 0.3) is 0 Å². The van der Waals surface area contributed by atoms with Gasteiger partial charge in [0.1, 0.15) is 0 Å². The molecule has 1 heterocycles. The van der Waals surface area contributed by atoms with Gasteiger partial charge >= 0.3 is 0 Å². The van der Waals surface area contributed by atoms with Crippen molar-refractivity contribution in [2.75, 3.05) is 5.73 Å². The highest BCUT2D eigenvalue weighted by Crippen LogP contribution is 2.27. The van der Waals surface area contributed by atoms with Crippen LogP contribution < -0.4 is 5.73 Å². The molecule has 4 heteroatoms. The highest BCUT2D eigenvalue weighted by molar-refractivity contribution is 9.10. The molecule has 0 radical (unpaired) electrons. The second-order valence-corrected chi connectivity index (χ2v) is 5.27.